The largest absolute Gasteiger partial charge is 0.350 e. The first kappa shape index (κ1) is 11.4. The summed E-state index contributed by atoms with van der Waals surface area (Å²) in [7, 11) is 0. The maximum Gasteiger partial charge on any atom is 0.161 e. The molecule has 2 aliphatic rings. The molecule has 0 radical (unpaired) electrons. The number of hydrogen-bond acceptors (Lipinski definition) is 2. The first-order chi connectivity index (χ1) is 7.03. The molecule has 0 spiro atoms. The molecular formula is C13H24O2. The van der Waals surface area contributed by atoms with Gasteiger partial charge >= 0.3 is 0 Å². The van der Waals surface area contributed by atoms with E-state index in [0.29, 0.717) is 11.3 Å². The topological polar surface area (TPSA) is 18.5 Å². The Morgan fingerprint density at radius 3 is 2.20 bits per heavy atom. The van der Waals surface area contributed by atoms with E-state index in [-0.39, 0.29) is 6.29 Å². The van der Waals surface area contributed by atoms with Crippen LogP contribution in [0.2, 0.25) is 0 Å². The predicted molar refractivity (Wildman–Crippen MR) is 60.5 cm³/mol. The van der Waals surface area contributed by atoms with Gasteiger partial charge in [0.15, 0.2) is 6.29 Å². The molecule has 2 nitrogen and oxygen atoms in total. The third kappa shape index (κ3) is 1.94. The normalized spacial score (nSPS) is 42.0. The van der Waals surface area contributed by atoms with Crippen LogP contribution in [0.1, 0.15) is 40.5 Å². The van der Waals surface area contributed by atoms with Crippen LogP contribution in [0.15, 0.2) is 0 Å². The van der Waals surface area contributed by atoms with Crippen LogP contribution in [0.25, 0.3) is 0 Å². The minimum atomic E-state index is 0.0535. The second-order valence-electron chi connectivity index (χ2n) is 5.91. The lowest BCUT2D eigenvalue weighted by atomic mass is 9.59. The van der Waals surface area contributed by atoms with Gasteiger partial charge in [-0.3, -0.25) is 0 Å². The molecule has 2 fully saturated rings. The van der Waals surface area contributed by atoms with Gasteiger partial charge in [-0.2, -0.15) is 0 Å². The van der Waals surface area contributed by atoms with Crippen molar-refractivity contribution < 1.29 is 9.47 Å². The summed E-state index contributed by atoms with van der Waals surface area (Å²) in [4.78, 5) is 0. The smallest absolute Gasteiger partial charge is 0.161 e. The molecule has 88 valence electrons. The zero-order valence-corrected chi connectivity index (χ0v) is 10.5. The molecular weight excluding hydrogens is 188 g/mol. The van der Waals surface area contributed by atoms with Crippen molar-refractivity contribution in [2.24, 2.45) is 23.2 Å². The van der Waals surface area contributed by atoms with Crippen molar-refractivity contribution in [3.8, 4) is 0 Å². The molecule has 1 aliphatic carbocycles. The quantitative estimate of drug-likeness (QED) is 0.665. The van der Waals surface area contributed by atoms with Gasteiger partial charge in [-0.15, -0.1) is 0 Å². The van der Waals surface area contributed by atoms with Crippen molar-refractivity contribution >= 4 is 0 Å². The molecule has 2 rings (SSSR count). The molecule has 1 aliphatic heterocycles. The van der Waals surface area contributed by atoms with Crippen molar-refractivity contribution in [2.45, 2.75) is 46.8 Å². The van der Waals surface area contributed by atoms with Crippen LogP contribution in [-0.4, -0.2) is 19.5 Å². The zero-order valence-electron chi connectivity index (χ0n) is 10.5. The first-order valence-electron chi connectivity index (χ1n) is 6.26. The van der Waals surface area contributed by atoms with E-state index in [2.05, 4.69) is 27.7 Å². The Morgan fingerprint density at radius 1 is 1.00 bits per heavy atom. The molecule has 1 saturated heterocycles. The van der Waals surface area contributed by atoms with Crippen molar-refractivity contribution in [1.82, 2.24) is 0 Å². The fourth-order valence-corrected chi connectivity index (χ4v) is 3.33. The maximum atomic E-state index is 5.72. The minimum Gasteiger partial charge on any atom is -0.350 e. The van der Waals surface area contributed by atoms with E-state index < -0.39 is 0 Å². The average Bonchev–Trinajstić information content (AvgIpc) is 2.65. The van der Waals surface area contributed by atoms with E-state index in [1.807, 2.05) is 0 Å². The minimum absolute atomic E-state index is 0.0535. The first-order valence-corrected chi connectivity index (χ1v) is 6.26. The lowest BCUT2D eigenvalue weighted by Crippen LogP contribution is -2.46. The van der Waals surface area contributed by atoms with Crippen LogP contribution in [0.4, 0.5) is 0 Å². The third-order valence-electron chi connectivity index (χ3n) is 4.74. The summed E-state index contributed by atoms with van der Waals surface area (Å²) in [5, 5.41) is 0. The van der Waals surface area contributed by atoms with Crippen LogP contribution < -0.4 is 0 Å². The van der Waals surface area contributed by atoms with Gasteiger partial charge in [0, 0.05) is 5.92 Å². The monoisotopic (exact) mass is 212 g/mol. The highest BCUT2D eigenvalue weighted by Gasteiger charge is 2.47. The molecule has 3 unspecified atom stereocenters. The Bertz CT molecular complexity index is 219. The van der Waals surface area contributed by atoms with Crippen molar-refractivity contribution in [1.29, 1.82) is 0 Å². The van der Waals surface area contributed by atoms with E-state index in [1.165, 1.54) is 12.8 Å². The Balaban J connectivity index is 2.16. The summed E-state index contributed by atoms with van der Waals surface area (Å²) in [6, 6.07) is 0. The third-order valence-corrected chi connectivity index (χ3v) is 4.74. The summed E-state index contributed by atoms with van der Waals surface area (Å²) in [6.45, 7) is 11.0. The van der Waals surface area contributed by atoms with Crippen molar-refractivity contribution in [3.63, 3.8) is 0 Å². The summed E-state index contributed by atoms with van der Waals surface area (Å²) >= 11 is 0. The fourth-order valence-electron chi connectivity index (χ4n) is 3.33. The second kappa shape index (κ2) is 4.06. The van der Waals surface area contributed by atoms with Crippen LogP contribution in [0.3, 0.4) is 0 Å². The molecule has 0 aromatic rings. The summed E-state index contributed by atoms with van der Waals surface area (Å²) in [5.41, 5.74) is 0.340. The van der Waals surface area contributed by atoms with Crippen molar-refractivity contribution in [2.75, 3.05) is 13.2 Å². The van der Waals surface area contributed by atoms with E-state index in [9.17, 15) is 0 Å². The summed E-state index contributed by atoms with van der Waals surface area (Å²) < 4.78 is 11.4. The van der Waals surface area contributed by atoms with Crippen LogP contribution in [0.5, 0.6) is 0 Å². The van der Waals surface area contributed by atoms with Gasteiger partial charge in [-0.25, -0.2) is 0 Å². The van der Waals surface area contributed by atoms with Crippen LogP contribution in [0, 0.1) is 23.2 Å². The molecule has 15 heavy (non-hydrogen) atoms. The van der Waals surface area contributed by atoms with Crippen LogP contribution >= 0.6 is 0 Å². The van der Waals surface area contributed by atoms with E-state index in [4.69, 9.17) is 9.47 Å². The van der Waals surface area contributed by atoms with Gasteiger partial charge < -0.3 is 9.47 Å². The highest BCUT2D eigenvalue weighted by molar-refractivity contribution is 4.92. The van der Waals surface area contributed by atoms with Gasteiger partial charge in [0.25, 0.3) is 0 Å². The summed E-state index contributed by atoms with van der Waals surface area (Å²) in [5.74, 6) is 2.05. The maximum absolute atomic E-state index is 5.72. The molecule has 1 saturated carbocycles. The number of rotatable bonds is 1. The fraction of sp³-hybridized carbons (Fsp3) is 1.00. The molecule has 3 atom stereocenters. The van der Waals surface area contributed by atoms with Gasteiger partial charge in [-0.05, 0) is 30.1 Å². The highest BCUT2D eigenvalue weighted by atomic mass is 16.7. The Hall–Kier alpha value is -0.0800. The number of hydrogen-bond donors (Lipinski definition) is 0. The Labute approximate surface area is 93.3 Å². The Morgan fingerprint density at radius 2 is 1.60 bits per heavy atom. The van der Waals surface area contributed by atoms with E-state index in [1.54, 1.807) is 0 Å². The number of ether oxygens (including phenoxy) is 2. The molecule has 1 heterocycles. The van der Waals surface area contributed by atoms with Crippen LogP contribution in [-0.2, 0) is 9.47 Å². The molecule has 0 aromatic heterocycles. The standard InChI is InChI=1S/C13H24O2/c1-9-5-6-10(2)13(3,4)11(9)12-14-7-8-15-12/h9-12H,5-8H2,1-4H3. The van der Waals surface area contributed by atoms with Gasteiger partial charge in [0.05, 0.1) is 13.2 Å². The SMILES string of the molecule is CC1CCC(C)C(C)(C)C1C1OCCO1. The molecule has 0 aromatic carbocycles. The average molecular weight is 212 g/mol. The molecule has 0 N–H and O–H groups in total. The lowest BCUT2D eigenvalue weighted by Gasteiger charge is -2.48. The Kier molecular flexibility index (Phi) is 3.09. The predicted octanol–water partition coefficient (Wildman–Crippen LogP) is 3.07. The second-order valence-corrected chi connectivity index (χ2v) is 5.91. The van der Waals surface area contributed by atoms with Gasteiger partial charge in [0.1, 0.15) is 0 Å². The summed E-state index contributed by atoms with van der Waals surface area (Å²) in [6.07, 6.45) is 2.72. The van der Waals surface area contributed by atoms with Gasteiger partial charge in [0.2, 0.25) is 0 Å². The van der Waals surface area contributed by atoms with E-state index >= 15 is 0 Å². The highest BCUT2D eigenvalue weighted by Crippen LogP contribution is 2.50. The van der Waals surface area contributed by atoms with Crippen molar-refractivity contribution in [3.05, 3.63) is 0 Å². The zero-order chi connectivity index (χ0) is 11.1. The van der Waals surface area contributed by atoms with Gasteiger partial charge in [-0.1, -0.05) is 27.7 Å². The molecule has 0 amide bonds. The molecule has 0 bridgehead atoms. The molecule has 2 heteroatoms. The van der Waals surface area contributed by atoms with E-state index in [0.717, 1.165) is 25.0 Å². The lowest BCUT2D eigenvalue weighted by molar-refractivity contribution is -0.157.